The molecule has 3 rings (SSSR count). The predicted octanol–water partition coefficient (Wildman–Crippen LogP) is 2.44. The molecule has 7 heteroatoms. The summed E-state index contributed by atoms with van der Waals surface area (Å²) in [6, 6.07) is 5.97. The van der Waals surface area contributed by atoms with Crippen LogP contribution in [-0.4, -0.2) is 22.3 Å². The number of carbonyl (C=O) groups is 1. The molecule has 2 aromatic rings. The lowest BCUT2D eigenvalue weighted by Crippen LogP contribution is -2.35. The van der Waals surface area contributed by atoms with E-state index in [0.29, 0.717) is 13.1 Å². The van der Waals surface area contributed by atoms with Crippen LogP contribution in [0.1, 0.15) is 20.8 Å². The normalized spacial score (nSPS) is 13.8. The molecule has 0 bridgehead atoms. The number of non-ortho nitro benzene ring substituents is 1. The first-order valence-electron chi connectivity index (χ1n) is 6.44. The quantitative estimate of drug-likeness (QED) is 0.524. The number of thiophene rings is 1. The Kier molecular flexibility index (Phi) is 3.34. The van der Waals surface area contributed by atoms with Gasteiger partial charge in [-0.2, -0.15) is 0 Å². The maximum absolute atomic E-state index is 12.6. The first-order valence-corrected chi connectivity index (χ1v) is 7.32. The molecule has 1 aromatic carbocycles. The average molecular weight is 303 g/mol. The van der Waals surface area contributed by atoms with Gasteiger partial charge in [-0.15, -0.1) is 11.3 Å². The topological polar surface area (TPSA) is 89.5 Å². The number of nitro benzene ring substituents is 1. The van der Waals surface area contributed by atoms with E-state index in [4.69, 9.17) is 5.73 Å². The molecule has 108 valence electrons. The Labute approximate surface area is 124 Å². The van der Waals surface area contributed by atoms with Gasteiger partial charge in [0.2, 0.25) is 0 Å². The van der Waals surface area contributed by atoms with Crippen LogP contribution in [-0.2, 0) is 13.0 Å². The minimum atomic E-state index is -0.524. The van der Waals surface area contributed by atoms with Gasteiger partial charge in [-0.1, -0.05) is 0 Å². The molecular weight excluding hydrogens is 290 g/mol. The van der Waals surface area contributed by atoms with Crippen LogP contribution in [0.4, 0.5) is 11.4 Å². The molecule has 0 unspecified atom stereocenters. The first-order chi connectivity index (χ1) is 10.1. The average Bonchev–Trinajstić information content (AvgIpc) is 2.94. The maximum Gasteiger partial charge on any atom is 0.270 e. The zero-order valence-corrected chi connectivity index (χ0v) is 11.9. The molecule has 1 amide bonds. The molecule has 0 atom stereocenters. The van der Waals surface area contributed by atoms with Gasteiger partial charge in [0.15, 0.2) is 0 Å². The molecule has 2 heterocycles. The summed E-state index contributed by atoms with van der Waals surface area (Å²) < 4.78 is 0. The van der Waals surface area contributed by atoms with Crippen molar-refractivity contribution in [2.24, 2.45) is 0 Å². The molecule has 21 heavy (non-hydrogen) atoms. The van der Waals surface area contributed by atoms with E-state index in [9.17, 15) is 14.9 Å². The van der Waals surface area contributed by atoms with Crippen molar-refractivity contribution in [1.29, 1.82) is 0 Å². The van der Waals surface area contributed by atoms with Crippen LogP contribution in [0.3, 0.4) is 0 Å². The Balaban J connectivity index is 1.89. The third-order valence-corrected chi connectivity index (χ3v) is 4.60. The van der Waals surface area contributed by atoms with Crippen molar-refractivity contribution in [2.75, 3.05) is 12.3 Å². The molecule has 0 saturated heterocycles. The molecule has 1 aliphatic heterocycles. The summed E-state index contributed by atoms with van der Waals surface area (Å²) in [7, 11) is 0. The molecule has 0 spiro atoms. The lowest BCUT2D eigenvalue weighted by atomic mass is 10.1. The van der Waals surface area contributed by atoms with E-state index in [-0.39, 0.29) is 22.8 Å². The third-order valence-electron chi connectivity index (χ3n) is 3.57. The zero-order chi connectivity index (χ0) is 15.0. The molecule has 0 fully saturated rings. The van der Waals surface area contributed by atoms with E-state index >= 15 is 0 Å². The van der Waals surface area contributed by atoms with E-state index < -0.39 is 4.92 Å². The first kappa shape index (κ1) is 13.6. The number of hydrogen-bond donors (Lipinski definition) is 1. The van der Waals surface area contributed by atoms with E-state index in [1.807, 2.05) is 11.4 Å². The molecule has 6 nitrogen and oxygen atoms in total. The summed E-state index contributed by atoms with van der Waals surface area (Å²) in [6.45, 7) is 1.13. The summed E-state index contributed by atoms with van der Waals surface area (Å²) in [4.78, 5) is 25.8. The number of nitrogen functional groups attached to an aromatic ring is 1. The van der Waals surface area contributed by atoms with Gasteiger partial charge in [0.25, 0.3) is 11.6 Å². The molecule has 0 saturated carbocycles. The highest BCUT2D eigenvalue weighted by Gasteiger charge is 2.25. The van der Waals surface area contributed by atoms with Crippen LogP contribution < -0.4 is 5.73 Å². The van der Waals surface area contributed by atoms with Crippen LogP contribution in [0.15, 0.2) is 29.6 Å². The number of nitrogens with two attached hydrogens (primary N) is 1. The summed E-state index contributed by atoms with van der Waals surface area (Å²) in [6.07, 6.45) is 0.813. The van der Waals surface area contributed by atoms with Crippen molar-refractivity contribution >= 4 is 28.6 Å². The van der Waals surface area contributed by atoms with Crippen molar-refractivity contribution in [3.8, 4) is 0 Å². The fraction of sp³-hybridized carbons (Fsp3) is 0.214. The minimum absolute atomic E-state index is 0.124. The van der Waals surface area contributed by atoms with Crippen molar-refractivity contribution in [1.82, 2.24) is 4.90 Å². The second kappa shape index (κ2) is 5.17. The van der Waals surface area contributed by atoms with Gasteiger partial charge in [0.05, 0.1) is 10.5 Å². The second-order valence-corrected chi connectivity index (χ2v) is 5.88. The third kappa shape index (κ3) is 2.47. The van der Waals surface area contributed by atoms with Crippen molar-refractivity contribution < 1.29 is 9.72 Å². The van der Waals surface area contributed by atoms with Gasteiger partial charge in [-0.05, 0) is 29.5 Å². The van der Waals surface area contributed by atoms with Gasteiger partial charge in [-0.25, -0.2) is 0 Å². The Morgan fingerprint density at radius 1 is 1.38 bits per heavy atom. The monoisotopic (exact) mass is 303 g/mol. The summed E-state index contributed by atoms with van der Waals surface area (Å²) in [5.74, 6) is -0.256. The smallest absolute Gasteiger partial charge is 0.270 e. The predicted molar refractivity (Wildman–Crippen MR) is 80.3 cm³/mol. The number of amides is 1. The van der Waals surface area contributed by atoms with Gasteiger partial charge in [0.1, 0.15) is 0 Å². The molecule has 0 radical (unpaired) electrons. The largest absolute Gasteiger partial charge is 0.398 e. The number of hydrogen-bond acceptors (Lipinski definition) is 5. The highest BCUT2D eigenvalue weighted by atomic mass is 32.1. The lowest BCUT2D eigenvalue weighted by molar-refractivity contribution is -0.384. The molecule has 1 aromatic heterocycles. The van der Waals surface area contributed by atoms with Gasteiger partial charge in [-0.3, -0.25) is 14.9 Å². The standard InChI is InChI=1S/C14H13N3O3S/c15-12-2-1-10(17(19)20)7-11(12)14(18)16-5-3-13-9(8-16)4-6-21-13/h1-2,4,6-7H,3,5,8,15H2. The number of nitro groups is 1. The summed E-state index contributed by atoms with van der Waals surface area (Å²) >= 11 is 1.69. The Morgan fingerprint density at radius 3 is 2.95 bits per heavy atom. The highest BCUT2D eigenvalue weighted by Crippen LogP contribution is 2.27. The molecule has 1 aliphatic rings. The summed E-state index contributed by atoms with van der Waals surface area (Å²) in [5, 5.41) is 12.8. The van der Waals surface area contributed by atoms with E-state index in [0.717, 1.165) is 12.0 Å². The van der Waals surface area contributed by atoms with Crippen LogP contribution in [0.2, 0.25) is 0 Å². The fourth-order valence-electron chi connectivity index (χ4n) is 2.44. The molecule has 0 aliphatic carbocycles. The minimum Gasteiger partial charge on any atom is -0.398 e. The van der Waals surface area contributed by atoms with Crippen LogP contribution in [0, 0.1) is 10.1 Å². The number of fused-ring (bicyclic) bond motifs is 1. The Morgan fingerprint density at radius 2 is 2.19 bits per heavy atom. The van der Waals surface area contributed by atoms with Crippen molar-refractivity contribution in [3.05, 3.63) is 55.8 Å². The number of benzene rings is 1. The number of carbonyl (C=O) groups excluding carboxylic acids is 1. The van der Waals surface area contributed by atoms with E-state index in [1.54, 1.807) is 16.2 Å². The number of anilines is 1. The second-order valence-electron chi connectivity index (χ2n) is 4.87. The van der Waals surface area contributed by atoms with Crippen molar-refractivity contribution in [2.45, 2.75) is 13.0 Å². The highest BCUT2D eigenvalue weighted by molar-refractivity contribution is 7.10. The maximum atomic E-state index is 12.6. The van der Waals surface area contributed by atoms with Crippen LogP contribution >= 0.6 is 11.3 Å². The lowest BCUT2D eigenvalue weighted by Gasteiger charge is -2.27. The number of nitrogens with zero attached hydrogens (tertiary/aromatic N) is 2. The molecular formula is C14H13N3O3S. The van der Waals surface area contributed by atoms with Gasteiger partial charge < -0.3 is 10.6 Å². The van der Waals surface area contributed by atoms with Crippen LogP contribution in [0.5, 0.6) is 0 Å². The Hall–Kier alpha value is -2.41. The zero-order valence-electron chi connectivity index (χ0n) is 11.1. The van der Waals surface area contributed by atoms with E-state index in [1.165, 1.54) is 23.1 Å². The summed E-state index contributed by atoms with van der Waals surface area (Å²) in [5.41, 5.74) is 7.28. The number of rotatable bonds is 2. The molecule has 2 N–H and O–H groups in total. The van der Waals surface area contributed by atoms with E-state index in [2.05, 4.69) is 0 Å². The van der Waals surface area contributed by atoms with Crippen molar-refractivity contribution in [3.63, 3.8) is 0 Å². The fourth-order valence-corrected chi connectivity index (χ4v) is 3.32. The SMILES string of the molecule is Nc1ccc([N+](=O)[O-])cc1C(=O)N1CCc2sccc2C1. The van der Waals surface area contributed by atoms with Gasteiger partial charge >= 0.3 is 0 Å². The van der Waals surface area contributed by atoms with Crippen LogP contribution in [0.25, 0.3) is 0 Å². The van der Waals surface area contributed by atoms with Gasteiger partial charge in [0, 0.05) is 35.8 Å². The Bertz CT molecular complexity index is 726.